The van der Waals surface area contributed by atoms with Crippen molar-refractivity contribution >= 4 is 17.2 Å². The van der Waals surface area contributed by atoms with E-state index in [1.54, 1.807) is 11.3 Å². The zero-order valence-corrected chi connectivity index (χ0v) is 7.28. The van der Waals surface area contributed by atoms with Gasteiger partial charge in [0.2, 0.25) is 5.91 Å². The van der Waals surface area contributed by atoms with Crippen molar-refractivity contribution in [3.8, 4) is 0 Å². The number of nitrogens with two attached hydrogens (primary N) is 1. The molecule has 2 N–H and O–H groups in total. The Kier molecular flexibility index (Phi) is 2.65. The number of amides is 1. The van der Waals surface area contributed by atoms with Crippen molar-refractivity contribution in [2.45, 2.75) is 19.8 Å². The molecule has 0 bridgehead atoms. The lowest BCUT2D eigenvalue weighted by molar-refractivity contribution is 0.100. The Hall–Kier alpha value is -0.830. The predicted molar refractivity (Wildman–Crippen MR) is 46.8 cm³/mol. The monoisotopic (exact) mass is 169 g/mol. The number of hydrogen-bond donors (Lipinski definition) is 1. The zero-order chi connectivity index (χ0) is 8.27. The summed E-state index contributed by atoms with van der Waals surface area (Å²) in [5.74, 6) is -0.330. The van der Waals surface area contributed by atoms with Crippen LogP contribution >= 0.6 is 11.3 Å². The molecular formula is C8H11NOS. The molecule has 1 rings (SSSR count). The molecule has 0 saturated heterocycles. The Morgan fingerprint density at radius 2 is 2.45 bits per heavy atom. The highest BCUT2D eigenvalue weighted by molar-refractivity contribution is 7.10. The third kappa shape index (κ3) is 2.05. The molecule has 3 heteroatoms. The largest absolute Gasteiger partial charge is 0.366 e. The lowest BCUT2D eigenvalue weighted by Crippen LogP contribution is -2.09. The quantitative estimate of drug-likeness (QED) is 0.736. The third-order valence-corrected chi connectivity index (χ3v) is 2.43. The van der Waals surface area contributed by atoms with Crippen LogP contribution in [0.2, 0.25) is 0 Å². The highest BCUT2D eigenvalue weighted by Crippen LogP contribution is 2.15. The van der Waals surface area contributed by atoms with E-state index in [0.717, 1.165) is 12.8 Å². The van der Waals surface area contributed by atoms with Crippen molar-refractivity contribution in [1.29, 1.82) is 0 Å². The van der Waals surface area contributed by atoms with Gasteiger partial charge in [0, 0.05) is 10.3 Å². The summed E-state index contributed by atoms with van der Waals surface area (Å²) in [6, 6.07) is 1.87. The molecule has 0 radical (unpaired) electrons. The van der Waals surface area contributed by atoms with Gasteiger partial charge in [-0.3, -0.25) is 4.79 Å². The van der Waals surface area contributed by atoms with Crippen molar-refractivity contribution in [2.75, 3.05) is 0 Å². The van der Waals surface area contributed by atoms with E-state index in [-0.39, 0.29) is 5.91 Å². The Balaban J connectivity index is 2.73. The van der Waals surface area contributed by atoms with Crippen LogP contribution in [0.25, 0.3) is 0 Å². The molecule has 1 heterocycles. The lowest BCUT2D eigenvalue weighted by atomic mass is 10.2. The van der Waals surface area contributed by atoms with Gasteiger partial charge in [-0.1, -0.05) is 13.3 Å². The molecule has 1 amide bonds. The van der Waals surface area contributed by atoms with Gasteiger partial charge in [-0.25, -0.2) is 0 Å². The fraction of sp³-hybridized carbons (Fsp3) is 0.375. The van der Waals surface area contributed by atoms with Crippen molar-refractivity contribution in [3.05, 3.63) is 21.9 Å². The summed E-state index contributed by atoms with van der Waals surface area (Å²) in [6.07, 6.45) is 2.15. The van der Waals surface area contributed by atoms with Gasteiger partial charge in [0.1, 0.15) is 0 Å². The van der Waals surface area contributed by atoms with Crippen molar-refractivity contribution < 1.29 is 4.79 Å². The molecule has 1 aromatic rings. The fourth-order valence-electron chi connectivity index (χ4n) is 0.887. The second kappa shape index (κ2) is 3.53. The number of aryl methyl sites for hydroxylation is 1. The number of carbonyl (C=O) groups excluding carboxylic acids is 1. The van der Waals surface area contributed by atoms with Gasteiger partial charge >= 0.3 is 0 Å². The van der Waals surface area contributed by atoms with Gasteiger partial charge < -0.3 is 5.73 Å². The van der Waals surface area contributed by atoms with Crippen molar-refractivity contribution in [2.24, 2.45) is 5.73 Å². The number of hydrogen-bond acceptors (Lipinski definition) is 2. The van der Waals surface area contributed by atoms with Crippen LogP contribution < -0.4 is 5.73 Å². The van der Waals surface area contributed by atoms with E-state index < -0.39 is 0 Å². The maximum absolute atomic E-state index is 10.6. The number of carbonyl (C=O) groups is 1. The van der Waals surface area contributed by atoms with Gasteiger partial charge in [-0.15, -0.1) is 11.3 Å². The van der Waals surface area contributed by atoms with Crippen LogP contribution in [0.15, 0.2) is 11.4 Å². The van der Waals surface area contributed by atoms with Crippen molar-refractivity contribution in [3.63, 3.8) is 0 Å². The normalized spacial score (nSPS) is 9.91. The third-order valence-electron chi connectivity index (χ3n) is 1.43. The highest BCUT2D eigenvalue weighted by Gasteiger charge is 2.02. The highest BCUT2D eigenvalue weighted by atomic mass is 32.1. The van der Waals surface area contributed by atoms with Crippen LogP contribution in [-0.4, -0.2) is 5.91 Å². The number of primary amides is 1. The SMILES string of the molecule is CCCc1cc(C(N)=O)cs1. The lowest BCUT2D eigenvalue weighted by Gasteiger charge is -1.87. The summed E-state index contributed by atoms with van der Waals surface area (Å²) in [6.45, 7) is 2.11. The summed E-state index contributed by atoms with van der Waals surface area (Å²) in [7, 11) is 0. The summed E-state index contributed by atoms with van der Waals surface area (Å²) in [5, 5.41) is 1.81. The summed E-state index contributed by atoms with van der Waals surface area (Å²) < 4.78 is 0. The Labute approximate surface area is 70.0 Å². The molecule has 0 aromatic carbocycles. The van der Waals surface area contributed by atoms with Crippen LogP contribution in [0.5, 0.6) is 0 Å². The molecular weight excluding hydrogens is 158 g/mol. The average molecular weight is 169 g/mol. The Morgan fingerprint density at radius 3 is 2.91 bits per heavy atom. The van der Waals surface area contributed by atoms with E-state index in [1.165, 1.54) is 4.88 Å². The molecule has 0 aliphatic carbocycles. The van der Waals surface area contributed by atoms with E-state index in [0.29, 0.717) is 5.56 Å². The summed E-state index contributed by atoms with van der Waals surface area (Å²) in [4.78, 5) is 11.9. The maximum atomic E-state index is 10.6. The predicted octanol–water partition coefficient (Wildman–Crippen LogP) is 1.80. The fourth-order valence-corrected chi connectivity index (χ4v) is 1.87. The molecule has 0 fully saturated rings. The van der Waals surface area contributed by atoms with Gasteiger partial charge in [0.25, 0.3) is 0 Å². The van der Waals surface area contributed by atoms with E-state index in [4.69, 9.17) is 5.73 Å². The minimum absolute atomic E-state index is 0.330. The number of rotatable bonds is 3. The number of thiophene rings is 1. The second-order valence-corrected chi connectivity index (χ2v) is 3.41. The molecule has 0 saturated carbocycles. The summed E-state index contributed by atoms with van der Waals surface area (Å²) >= 11 is 1.60. The molecule has 2 nitrogen and oxygen atoms in total. The van der Waals surface area contributed by atoms with Crippen LogP contribution in [0.3, 0.4) is 0 Å². The molecule has 1 aromatic heterocycles. The topological polar surface area (TPSA) is 43.1 Å². The minimum atomic E-state index is -0.330. The van der Waals surface area contributed by atoms with Gasteiger partial charge in [0.05, 0.1) is 5.56 Å². The minimum Gasteiger partial charge on any atom is -0.366 e. The van der Waals surface area contributed by atoms with Crippen LogP contribution in [0.1, 0.15) is 28.6 Å². The smallest absolute Gasteiger partial charge is 0.249 e. The maximum Gasteiger partial charge on any atom is 0.249 e. The molecule has 0 aliphatic rings. The van der Waals surface area contributed by atoms with E-state index in [1.807, 2.05) is 11.4 Å². The second-order valence-electron chi connectivity index (χ2n) is 2.42. The first-order valence-corrected chi connectivity index (χ1v) is 4.49. The van der Waals surface area contributed by atoms with Gasteiger partial charge in [-0.05, 0) is 12.5 Å². The van der Waals surface area contributed by atoms with E-state index in [2.05, 4.69) is 6.92 Å². The Morgan fingerprint density at radius 1 is 1.73 bits per heavy atom. The molecule has 60 valence electrons. The van der Waals surface area contributed by atoms with Gasteiger partial charge in [-0.2, -0.15) is 0 Å². The molecule has 0 atom stereocenters. The Bertz CT molecular complexity index is 254. The molecule has 11 heavy (non-hydrogen) atoms. The van der Waals surface area contributed by atoms with E-state index >= 15 is 0 Å². The first kappa shape index (κ1) is 8.27. The first-order valence-electron chi connectivity index (χ1n) is 3.61. The van der Waals surface area contributed by atoms with Gasteiger partial charge in [0.15, 0.2) is 0 Å². The standard InChI is InChI=1S/C8H11NOS/c1-2-3-7-4-6(5-11-7)8(9)10/h4-5H,2-3H2,1H3,(H2,9,10). The first-order chi connectivity index (χ1) is 5.24. The van der Waals surface area contributed by atoms with Crippen LogP contribution in [0.4, 0.5) is 0 Å². The summed E-state index contributed by atoms with van der Waals surface area (Å²) in [5.41, 5.74) is 5.73. The zero-order valence-electron chi connectivity index (χ0n) is 6.46. The molecule has 0 spiro atoms. The average Bonchev–Trinajstić information content (AvgIpc) is 2.37. The molecule has 0 aliphatic heterocycles. The molecule has 0 unspecified atom stereocenters. The van der Waals surface area contributed by atoms with Crippen LogP contribution in [0, 0.1) is 0 Å². The van der Waals surface area contributed by atoms with Crippen LogP contribution in [-0.2, 0) is 6.42 Å². The van der Waals surface area contributed by atoms with E-state index in [9.17, 15) is 4.79 Å². The van der Waals surface area contributed by atoms with Crippen molar-refractivity contribution in [1.82, 2.24) is 0 Å².